The van der Waals surface area contributed by atoms with E-state index in [1.165, 1.54) is 12.3 Å². The zero-order valence-electron chi connectivity index (χ0n) is 9.89. The zero-order valence-corrected chi connectivity index (χ0v) is 10.7. The zero-order chi connectivity index (χ0) is 12.6. The molecule has 18 heavy (non-hydrogen) atoms. The van der Waals surface area contributed by atoms with Crippen LogP contribution >= 0.6 is 11.6 Å². The number of carbonyl (C=O) groups is 1. The molecule has 0 spiro atoms. The Morgan fingerprint density at radius 2 is 2.39 bits per heavy atom. The second-order valence-corrected chi connectivity index (χ2v) is 5.27. The normalized spacial score (nSPS) is 24.8. The Balaban J connectivity index is 1.71. The van der Waals surface area contributed by atoms with Crippen LogP contribution in [0.1, 0.15) is 29.6 Å². The molecule has 2 heterocycles. The van der Waals surface area contributed by atoms with Gasteiger partial charge >= 0.3 is 5.97 Å². The third-order valence-electron chi connectivity index (χ3n) is 3.67. The van der Waals surface area contributed by atoms with Crippen molar-refractivity contribution in [1.29, 1.82) is 0 Å². The molecule has 0 aromatic carbocycles. The van der Waals surface area contributed by atoms with Gasteiger partial charge in [-0.15, -0.1) is 0 Å². The Labute approximate surface area is 110 Å². The fraction of sp³-hybridized carbons (Fsp3) is 0.538. The lowest BCUT2D eigenvalue weighted by atomic mass is 9.99. The summed E-state index contributed by atoms with van der Waals surface area (Å²) >= 11 is 5.76. The third kappa shape index (κ3) is 2.22. The summed E-state index contributed by atoms with van der Waals surface area (Å²) in [5.74, 6) is 0.0301. The van der Waals surface area contributed by atoms with E-state index in [1.807, 2.05) is 0 Å². The molecule has 2 fully saturated rings. The molecule has 2 aliphatic rings. The SMILES string of the molecule is O=C(OC1([C@H]2CCOC2)CC1)c1ccnc(Cl)c1. The number of ether oxygens (including phenoxy) is 2. The average molecular weight is 268 g/mol. The molecule has 3 rings (SSSR count). The molecule has 1 atom stereocenters. The molecule has 0 radical (unpaired) electrons. The lowest BCUT2D eigenvalue weighted by Gasteiger charge is -2.22. The van der Waals surface area contributed by atoms with E-state index in [-0.39, 0.29) is 11.6 Å². The number of esters is 1. The van der Waals surface area contributed by atoms with Crippen LogP contribution in [-0.2, 0) is 9.47 Å². The Morgan fingerprint density at radius 1 is 1.56 bits per heavy atom. The second-order valence-electron chi connectivity index (χ2n) is 4.88. The van der Waals surface area contributed by atoms with E-state index in [0.717, 1.165) is 25.9 Å². The Hall–Kier alpha value is -1.13. The second kappa shape index (κ2) is 4.52. The summed E-state index contributed by atoms with van der Waals surface area (Å²) in [4.78, 5) is 15.9. The van der Waals surface area contributed by atoms with Crippen LogP contribution in [0.2, 0.25) is 5.15 Å². The van der Waals surface area contributed by atoms with Gasteiger partial charge in [0, 0.05) is 18.7 Å². The summed E-state index contributed by atoms with van der Waals surface area (Å²) in [6.07, 6.45) is 4.36. The highest BCUT2D eigenvalue weighted by Crippen LogP contribution is 2.49. The number of hydrogen-bond donors (Lipinski definition) is 0. The van der Waals surface area contributed by atoms with Crippen molar-refractivity contribution in [2.75, 3.05) is 13.2 Å². The Morgan fingerprint density at radius 3 is 3.00 bits per heavy atom. The van der Waals surface area contributed by atoms with Crippen LogP contribution in [-0.4, -0.2) is 29.8 Å². The van der Waals surface area contributed by atoms with Crippen molar-refractivity contribution < 1.29 is 14.3 Å². The van der Waals surface area contributed by atoms with Gasteiger partial charge in [0.2, 0.25) is 0 Å². The third-order valence-corrected chi connectivity index (χ3v) is 3.88. The topological polar surface area (TPSA) is 48.4 Å². The minimum absolute atomic E-state index is 0.288. The van der Waals surface area contributed by atoms with Gasteiger partial charge in [0.05, 0.1) is 12.2 Å². The molecular formula is C13H14ClNO3. The number of hydrogen-bond acceptors (Lipinski definition) is 4. The van der Waals surface area contributed by atoms with Gasteiger partial charge in [-0.1, -0.05) is 11.6 Å². The van der Waals surface area contributed by atoms with Crippen LogP contribution in [0.15, 0.2) is 18.3 Å². The minimum atomic E-state index is -0.316. The summed E-state index contributed by atoms with van der Waals surface area (Å²) in [6, 6.07) is 3.15. The van der Waals surface area contributed by atoms with Crippen molar-refractivity contribution >= 4 is 17.6 Å². The van der Waals surface area contributed by atoms with Crippen molar-refractivity contribution in [3.8, 4) is 0 Å². The van der Waals surface area contributed by atoms with Crippen LogP contribution in [0.3, 0.4) is 0 Å². The van der Waals surface area contributed by atoms with Crippen LogP contribution in [0.4, 0.5) is 0 Å². The van der Waals surface area contributed by atoms with Gasteiger partial charge in [-0.25, -0.2) is 9.78 Å². The standard InChI is InChI=1S/C13H14ClNO3/c14-11-7-9(1-5-15-11)12(16)18-13(3-4-13)10-2-6-17-8-10/h1,5,7,10H,2-4,6,8H2/t10-/m0/s1. The van der Waals surface area contributed by atoms with Gasteiger partial charge in [-0.3, -0.25) is 0 Å². The fourth-order valence-electron chi connectivity index (χ4n) is 2.44. The van der Waals surface area contributed by atoms with Crippen molar-refractivity contribution in [2.45, 2.75) is 24.9 Å². The van der Waals surface area contributed by atoms with Crippen LogP contribution < -0.4 is 0 Å². The molecule has 96 valence electrons. The average Bonchev–Trinajstić information content (AvgIpc) is 2.93. The van der Waals surface area contributed by atoms with Crippen molar-refractivity contribution in [2.24, 2.45) is 5.92 Å². The lowest BCUT2D eigenvalue weighted by molar-refractivity contribution is 0.000824. The molecule has 1 saturated heterocycles. The molecule has 1 aliphatic carbocycles. The number of aromatic nitrogens is 1. The van der Waals surface area contributed by atoms with Crippen molar-refractivity contribution in [3.05, 3.63) is 29.0 Å². The molecule has 1 aliphatic heterocycles. The van der Waals surface area contributed by atoms with Crippen molar-refractivity contribution in [3.63, 3.8) is 0 Å². The quantitative estimate of drug-likeness (QED) is 0.623. The largest absolute Gasteiger partial charge is 0.455 e. The molecule has 0 unspecified atom stereocenters. The predicted molar refractivity (Wildman–Crippen MR) is 65.6 cm³/mol. The Bertz CT molecular complexity index is 467. The van der Waals surface area contributed by atoms with Gasteiger partial charge in [0.15, 0.2) is 0 Å². The Kier molecular flexibility index (Phi) is 2.99. The molecule has 0 N–H and O–H groups in total. The maximum absolute atomic E-state index is 12.1. The number of pyridine rings is 1. The number of nitrogens with zero attached hydrogens (tertiary/aromatic N) is 1. The van der Waals surface area contributed by atoms with Gasteiger partial charge in [0.25, 0.3) is 0 Å². The molecule has 1 aromatic heterocycles. The van der Waals surface area contributed by atoms with Crippen LogP contribution in [0.5, 0.6) is 0 Å². The molecule has 1 saturated carbocycles. The summed E-state index contributed by atoms with van der Waals surface area (Å²) in [5, 5.41) is 0.304. The van der Waals surface area contributed by atoms with Crippen molar-refractivity contribution in [1.82, 2.24) is 4.98 Å². The summed E-state index contributed by atoms with van der Waals surface area (Å²) < 4.78 is 11.0. The molecule has 4 nitrogen and oxygen atoms in total. The van der Waals surface area contributed by atoms with Crippen LogP contribution in [0, 0.1) is 5.92 Å². The monoisotopic (exact) mass is 267 g/mol. The molecule has 0 amide bonds. The van der Waals surface area contributed by atoms with E-state index in [0.29, 0.717) is 23.2 Å². The number of halogens is 1. The van der Waals surface area contributed by atoms with E-state index >= 15 is 0 Å². The van der Waals surface area contributed by atoms with Gasteiger partial charge in [-0.05, 0) is 31.4 Å². The van der Waals surface area contributed by atoms with Gasteiger partial charge in [-0.2, -0.15) is 0 Å². The first-order chi connectivity index (χ1) is 8.70. The smallest absolute Gasteiger partial charge is 0.338 e. The highest BCUT2D eigenvalue weighted by Gasteiger charge is 2.54. The van der Waals surface area contributed by atoms with E-state index in [4.69, 9.17) is 21.1 Å². The van der Waals surface area contributed by atoms with E-state index in [2.05, 4.69) is 4.98 Å². The first-order valence-corrected chi connectivity index (χ1v) is 6.50. The highest BCUT2D eigenvalue weighted by atomic mass is 35.5. The number of rotatable bonds is 3. The van der Waals surface area contributed by atoms with Gasteiger partial charge in [0.1, 0.15) is 10.8 Å². The maximum atomic E-state index is 12.1. The fourth-order valence-corrected chi connectivity index (χ4v) is 2.61. The molecule has 1 aromatic rings. The predicted octanol–water partition coefficient (Wildman–Crippen LogP) is 2.46. The first kappa shape index (κ1) is 11.9. The van der Waals surface area contributed by atoms with E-state index < -0.39 is 0 Å². The summed E-state index contributed by atoms with van der Waals surface area (Å²) in [6.45, 7) is 1.47. The summed E-state index contributed by atoms with van der Waals surface area (Å²) in [5.41, 5.74) is 0.170. The van der Waals surface area contributed by atoms with Crippen LogP contribution in [0.25, 0.3) is 0 Å². The minimum Gasteiger partial charge on any atom is -0.455 e. The molecule has 0 bridgehead atoms. The molecule has 5 heteroatoms. The lowest BCUT2D eigenvalue weighted by Crippen LogP contribution is -2.29. The summed E-state index contributed by atoms with van der Waals surface area (Å²) in [7, 11) is 0. The molecular weight excluding hydrogens is 254 g/mol. The highest BCUT2D eigenvalue weighted by molar-refractivity contribution is 6.29. The number of carbonyl (C=O) groups excluding carboxylic acids is 1. The first-order valence-electron chi connectivity index (χ1n) is 6.12. The van der Waals surface area contributed by atoms with E-state index in [9.17, 15) is 4.79 Å². The van der Waals surface area contributed by atoms with E-state index in [1.54, 1.807) is 6.07 Å². The maximum Gasteiger partial charge on any atom is 0.338 e. The van der Waals surface area contributed by atoms with Gasteiger partial charge < -0.3 is 9.47 Å².